The second-order valence-corrected chi connectivity index (χ2v) is 11.3. The summed E-state index contributed by atoms with van der Waals surface area (Å²) in [5.41, 5.74) is 2.49. The third-order valence-electron chi connectivity index (χ3n) is 7.34. The van der Waals surface area contributed by atoms with Crippen LogP contribution in [0.3, 0.4) is 0 Å². The highest BCUT2D eigenvalue weighted by molar-refractivity contribution is 8.18. The van der Waals surface area contributed by atoms with Gasteiger partial charge in [0.25, 0.3) is 5.91 Å². The number of hydrogen-bond donors (Lipinski definition) is 1. The average molecular weight is 452 g/mol. The maximum absolute atomic E-state index is 12.4. The quantitative estimate of drug-likeness (QED) is 0.623. The predicted molar refractivity (Wildman–Crippen MR) is 126 cm³/mol. The molecule has 1 saturated heterocycles. The van der Waals surface area contributed by atoms with Gasteiger partial charge in [-0.05, 0) is 91.8 Å². The number of nitrogens with zero attached hydrogens (tertiary/aromatic N) is 2. The molecule has 7 heteroatoms. The van der Waals surface area contributed by atoms with E-state index in [1.54, 1.807) is 18.4 Å². The topological polar surface area (TPSA) is 63.6 Å². The molecule has 4 saturated carbocycles. The Hall–Kier alpha value is -2.12. The molecule has 2 aromatic rings. The Morgan fingerprint density at radius 3 is 2.45 bits per heavy atom. The summed E-state index contributed by atoms with van der Waals surface area (Å²) in [4.78, 5) is 22.7. The number of aliphatic imine (C=N–C) groups is 1. The Kier molecular flexibility index (Phi) is 4.72. The van der Waals surface area contributed by atoms with E-state index < -0.39 is 0 Å². The molecule has 1 aromatic carbocycles. The van der Waals surface area contributed by atoms with Crippen molar-refractivity contribution >= 4 is 45.4 Å². The van der Waals surface area contributed by atoms with Crippen LogP contribution in [-0.2, 0) is 10.2 Å². The number of benzene rings is 1. The Labute approximate surface area is 190 Å². The summed E-state index contributed by atoms with van der Waals surface area (Å²) in [7, 11) is 1.64. The monoisotopic (exact) mass is 451 g/mol. The summed E-state index contributed by atoms with van der Waals surface area (Å²) in [5, 5.41) is 6.47. The predicted octanol–water partition coefficient (Wildman–Crippen LogP) is 5.51. The summed E-state index contributed by atoms with van der Waals surface area (Å²) in [6.45, 7) is 0. The fourth-order valence-electron chi connectivity index (χ4n) is 6.40. The minimum atomic E-state index is -0.113. The van der Waals surface area contributed by atoms with Crippen molar-refractivity contribution in [2.75, 3.05) is 7.11 Å². The molecule has 4 aliphatic carbocycles. The highest BCUT2D eigenvalue weighted by atomic mass is 32.2. The number of hydrogen-bond acceptors (Lipinski definition) is 6. The molecule has 2 heterocycles. The number of aromatic nitrogens is 1. The molecule has 1 aliphatic heterocycles. The van der Waals surface area contributed by atoms with Crippen LogP contribution < -0.4 is 10.1 Å². The molecule has 0 radical (unpaired) electrons. The largest absolute Gasteiger partial charge is 0.497 e. The Balaban J connectivity index is 1.20. The smallest absolute Gasteiger partial charge is 0.264 e. The van der Waals surface area contributed by atoms with Gasteiger partial charge >= 0.3 is 0 Å². The lowest BCUT2D eigenvalue weighted by atomic mass is 9.49. The van der Waals surface area contributed by atoms with Gasteiger partial charge in [0.05, 0.1) is 17.7 Å². The normalized spacial score (nSPS) is 34.0. The van der Waals surface area contributed by atoms with E-state index in [2.05, 4.69) is 15.7 Å². The first-order chi connectivity index (χ1) is 15.1. The van der Waals surface area contributed by atoms with Gasteiger partial charge < -0.3 is 10.1 Å². The fraction of sp³-hybridized carbons (Fsp3) is 0.458. The first kappa shape index (κ1) is 19.6. The van der Waals surface area contributed by atoms with Gasteiger partial charge in [-0.2, -0.15) is 4.99 Å². The number of methoxy groups -OCH3 is 1. The van der Waals surface area contributed by atoms with Crippen molar-refractivity contribution in [1.29, 1.82) is 0 Å². The van der Waals surface area contributed by atoms with Gasteiger partial charge in [-0.25, -0.2) is 4.98 Å². The highest BCUT2D eigenvalue weighted by Crippen LogP contribution is 2.60. The minimum absolute atomic E-state index is 0.113. The molecular weight excluding hydrogens is 426 g/mol. The molecule has 0 unspecified atom stereocenters. The maximum Gasteiger partial charge on any atom is 0.264 e. The van der Waals surface area contributed by atoms with E-state index in [1.807, 2.05) is 30.3 Å². The van der Waals surface area contributed by atoms with E-state index in [0.29, 0.717) is 10.1 Å². The second-order valence-electron chi connectivity index (χ2n) is 9.47. The van der Waals surface area contributed by atoms with Crippen LogP contribution in [0.4, 0.5) is 5.13 Å². The van der Waals surface area contributed by atoms with Crippen molar-refractivity contribution in [2.24, 2.45) is 22.7 Å². The SMILES string of the molecule is COc1ccc(/C=C2\S/C(=N\c3nc(C45CC6CC(CC(C6)C4)C5)cs3)NC2=O)cc1. The standard InChI is InChI=1S/C24H25N3O2S2/c1-29-18-4-2-14(3-5-18)9-19-21(28)26-23(31-19)27-22-25-20(13-30-22)24-10-15-6-16(11-24)8-17(7-15)12-24/h2-5,9,13,15-17H,6-8,10-12H2,1H3,(H,25,26,27,28)/b19-9-. The van der Waals surface area contributed by atoms with Gasteiger partial charge in [0, 0.05) is 10.8 Å². The number of nitrogens with one attached hydrogen (secondary N) is 1. The van der Waals surface area contributed by atoms with Gasteiger partial charge in [-0.1, -0.05) is 12.1 Å². The molecule has 5 nitrogen and oxygen atoms in total. The van der Waals surface area contributed by atoms with E-state index in [0.717, 1.165) is 34.2 Å². The lowest BCUT2D eigenvalue weighted by molar-refractivity contribution is -0.115. The van der Waals surface area contributed by atoms with Crippen LogP contribution >= 0.6 is 23.1 Å². The number of thiazole rings is 1. The number of carbonyl (C=O) groups is 1. The minimum Gasteiger partial charge on any atom is -0.497 e. The molecule has 0 atom stereocenters. The summed E-state index contributed by atoms with van der Waals surface area (Å²) in [5.74, 6) is 3.39. The van der Waals surface area contributed by atoms with Crippen LogP contribution in [0, 0.1) is 17.8 Å². The zero-order valence-electron chi connectivity index (χ0n) is 17.5. The molecule has 4 bridgehead atoms. The van der Waals surface area contributed by atoms with E-state index in [1.165, 1.54) is 56.0 Å². The van der Waals surface area contributed by atoms with Crippen LogP contribution in [0.2, 0.25) is 0 Å². The molecule has 160 valence electrons. The first-order valence-corrected chi connectivity index (χ1v) is 12.7. The Morgan fingerprint density at radius 2 is 1.81 bits per heavy atom. The number of carbonyl (C=O) groups excluding carboxylic acids is 1. The molecule has 31 heavy (non-hydrogen) atoms. The number of thioether (sulfide) groups is 1. The molecule has 7 rings (SSSR count). The second kappa shape index (κ2) is 7.48. The van der Waals surface area contributed by atoms with Crippen LogP contribution in [-0.4, -0.2) is 23.2 Å². The van der Waals surface area contributed by atoms with E-state index >= 15 is 0 Å². The Bertz CT molecular complexity index is 1050. The third kappa shape index (κ3) is 3.61. The molecule has 1 N–H and O–H groups in total. The maximum atomic E-state index is 12.4. The number of rotatable bonds is 4. The fourth-order valence-corrected chi connectivity index (χ4v) is 8.10. The Morgan fingerprint density at radius 1 is 1.13 bits per heavy atom. The highest BCUT2D eigenvalue weighted by Gasteiger charge is 2.52. The van der Waals surface area contributed by atoms with E-state index in [9.17, 15) is 4.79 Å². The van der Waals surface area contributed by atoms with Crippen molar-refractivity contribution < 1.29 is 9.53 Å². The van der Waals surface area contributed by atoms with Gasteiger partial charge in [0.1, 0.15) is 5.75 Å². The molecular formula is C24H25N3O2S2. The van der Waals surface area contributed by atoms with Gasteiger partial charge in [-0.15, -0.1) is 11.3 Å². The van der Waals surface area contributed by atoms with Crippen molar-refractivity contribution in [3.63, 3.8) is 0 Å². The van der Waals surface area contributed by atoms with Crippen LogP contribution in [0.1, 0.15) is 49.8 Å². The first-order valence-electron chi connectivity index (χ1n) is 11.0. The molecule has 1 aromatic heterocycles. The van der Waals surface area contributed by atoms with Gasteiger partial charge in [0.2, 0.25) is 5.13 Å². The number of ether oxygens (including phenoxy) is 1. The summed E-state index contributed by atoms with van der Waals surface area (Å²) in [6, 6.07) is 7.65. The van der Waals surface area contributed by atoms with Gasteiger partial charge in [0.15, 0.2) is 5.17 Å². The molecule has 1 amide bonds. The summed E-state index contributed by atoms with van der Waals surface area (Å²) in [6.07, 6.45) is 10.1. The van der Waals surface area contributed by atoms with Crippen LogP contribution in [0.15, 0.2) is 39.5 Å². The zero-order valence-corrected chi connectivity index (χ0v) is 19.1. The lowest BCUT2D eigenvalue weighted by Crippen LogP contribution is -2.48. The van der Waals surface area contributed by atoms with Gasteiger partial charge in [-0.3, -0.25) is 4.79 Å². The van der Waals surface area contributed by atoms with E-state index in [-0.39, 0.29) is 11.3 Å². The van der Waals surface area contributed by atoms with Crippen LogP contribution in [0.25, 0.3) is 6.08 Å². The summed E-state index contributed by atoms with van der Waals surface area (Å²) >= 11 is 2.97. The van der Waals surface area contributed by atoms with Crippen molar-refractivity contribution in [2.45, 2.75) is 43.9 Å². The van der Waals surface area contributed by atoms with Crippen molar-refractivity contribution in [3.05, 3.63) is 45.8 Å². The average Bonchev–Trinajstić information content (AvgIpc) is 3.35. The molecule has 5 aliphatic rings. The number of amides is 1. The van der Waals surface area contributed by atoms with Crippen LogP contribution in [0.5, 0.6) is 5.75 Å². The summed E-state index contributed by atoms with van der Waals surface area (Å²) < 4.78 is 5.19. The van der Waals surface area contributed by atoms with Crippen molar-refractivity contribution in [3.8, 4) is 5.75 Å². The van der Waals surface area contributed by atoms with E-state index in [4.69, 9.17) is 9.72 Å². The molecule has 5 fully saturated rings. The number of amidine groups is 1. The van der Waals surface area contributed by atoms with Crippen molar-refractivity contribution in [1.82, 2.24) is 10.3 Å². The molecule has 0 spiro atoms. The lowest BCUT2D eigenvalue weighted by Gasteiger charge is -2.56. The zero-order chi connectivity index (χ0) is 21.0. The third-order valence-corrected chi connectivity index (χ3v) is 8.98.